The molecule has 3 saturated heterocycles. The molecular weight excluding hydrogens is 546 g/mol. The van der Waals surface area contributed by atoms with Crippen LogP contribution in [0.1, 0.15) is 25.7 Å². The molecule has 2 aromatic rings. The van der Waals surface area contributed by atoms with E-state index in [1.54, 1.807) is 41.3 Å². The van der Waals surface area contributed by atoms with Crippen molar-refractivity contribution in [3.8, 4) is 11.8 Å². The van der Waals surface area contributed by atoms with Crippen LogP contribution >= 0.6 is 0 Å². The number of nitrogens with one attached hydrogen (secondary N) is 3. The lowest BCUT2D eigenvalue weighted by Gasteiger charge is -2.48. The van der Waals surface area contributed by atoms with Gasteiger partial charge in [-0.1, -0.05) is 18.2 Å². The molecular formula is C28H35N7O5S. The number of hydrogen-bond donors (Lipinski definition) is 3. The van der Waals surface area contributed by atoms with Gasteiger partial charge in [0, 0.05) is 45.5 Å². The molecule has 3 fully saturated rings. The zero-order valence-corrected chi connectivity index (χ0v) is 23.9. The number of sulfonamides is 1. The van der Waals surface area contributed by atoms with E-state index in [1.165, 1.54) is 26.2 Å². The molecule has 3 aliphatic heterocycles. The van der Waals surface area contributed by atoms with Gasteiger partial charge in [-0.3, -0.25) is 4.79 Å². The van der Waals surface area contributed by atoms with Gasteiger partial charge < -0.3 is 20.3 Å². The molecule has 13 heteroatoms. The summed E-state index contributed by atoms with van der Waals surface area (Å²) in [6, 6.07) is 17.5. The van der Waals surface area contributed by atoms with Crippen LogP contribution in [0, 0.1) is 17.2 Å². The van der Waals surface area contributed by atoms with Gasteiger partial charge in [0.15, 0.2) is 0 Å². The Morgan fingerprint density at radius 2 is 1.83 bits per heavy atom. The van der Waals surface area contributed by atoms with Gasteiger partial charge in [0.1, 0.15) is 11.9 Å². The number of benzene rings is 2. The van der Waals surface area contributed by atoms with Crippen molar-refractivity contribution in [1.82, 2.24) is 25.0 Å². The Labute approximate surface area is 240 Å². The minimum atomic E-state index is -3.56. The molecule has 0 radical (unpaired) electrons. The van der Waals surface area contributed by atoms with E-state index in [-0.39, 0.29) is 23.3 Å². The third kappa shape index (κ3) is 5.73. The van der Waals surface area contributed by atoms with Gasteiger partial charge in [-0.25, -0.2) is 28.0 Å². The molecule has 3 unspecified atom stereocenters. The molecule has 41 heavy (non-hydrogen) atoms. The fraction of sp³-hybridized carbons (Fsp3) is 0.464. The van der Waals surface area contributed by atoms with Gasteiger partial charge in [0.05, 0.1) is 28.8 Å². The SMILES string of the molecule is CN(C)S(=O)(=O)c1ccc(NC2NN(C3(CC#N)CCN(C(=O)Oc4ccccc4)CC3)C3CCNC(=O)C23)cc1. The van der Waals surface area contributed by atoms with E-state index in [0.717, 1.165) is 4.31 Å². The Bertz CT molecular complexity index is 1400. The number of hydrazine groups is 1. The highest BCUT2D eigenvalue weighted by Crippen LogP contribution is 2.40. The van der Waals surface area contributed by atoms with Crippen LogP contribution in [0.5, 0.6) is 5.75 Å². The maximum atomic E-state index is 13.1. The summed E-state index contributed by atoms with van der Waals surface area (Å²) in [5.41, 5.74) is 3.58. The van der Waals surface area contributed by atoms with E-state index in [9.17, 15) is 23.3 Å². The van der Waals surface area contributed by atoms with Crippen LogP contribution in [0.3, 0.4) is 0 Å². The number of likely N-dealkylation sites (tertiary alicyclic amines) is 1. The largest absolute Gasteiger partial charge is 0.415 e. The Morgan fingerprint density at radius 1 is 1.15 bits per heavy atom. The predicted octanol–water partition coefficient (Wildman–Crippen LogP) is 1.95. The number of ether oxygens (including phenoxy) is 1. The number of fused-ring (bicyclic) bond motifs is 1. The number of anilines is 1. The van der Waals surface area contributed by atoms with Crippen LogP contribution in [-0.2, 0) is 14.8 Å². The van der Waals surface area contributed by atoms with E-state index in [0.29, 0.717) is 50.3 Å². The molecule has 0 aliphatic carbocycles. The molecule has 0 aromatic heterocycles. The first-order valence-electron chi connectivity index (χ1n) is 13.7. The molecule has 0 saturated carbocycles. The minimum Gasteiger partial charge on any atom is -0.410 e. The van der Waals surface area contributed by atoms with Crippen molar-refractivity contribution in [3.63, 3.8) is 0 Å². The highest BCUT2D eigenvalue weighted by atomic mass is 32.2. The molecule has 218 valence electrons. The molecule has 2 amide bonds. The van der Waals surface area contributed by atoms with Crippen LogP contribution in [0.4, 0.5) is 10.5 Å². The van der Waals surface area contributed by atoms with E-state index >= 15 is 0 Å². The van der Waals surface area contributed by atoms with Crippen molar-refractivity contribution >= 4 is 27.7 Å². The second kappa shape index (κ2) is 11.7. The third-order valence-corrected chi connectivity index (χ3v) is 10.0. The van der Waals surface area contributed by atoms with E-state index in [2.05, 4.69) is 27.1 Å². The molecule has 3 N–H and O–H groups in total. The van der Waals surface area contributed by atoms with Crippen molar-refractivity contribution in [2.45, 2.75) is 48.3 Å². The number of piperidine rings is 2. The molecule has 2 aromatic carbocycles. The average molecular weight is 582 g/mol. The lowest BCUT2D eigenvalue weighted by molar-refractivity contribution is -0.128. The number of rotatable bonds is 7. The fourth-order valence-electron chi connectivity index (χ4n) is 5.94. The Kier molecular flexibility index (Phi) is 8.19. The van der Waals surface area contributed by atoms with Crippen LogP contribution in [0.2, 0.25) is 0 Å². The number of hydrogen-bond acceptors (Lipinski definition) is 9. The summed E-state index contributed by atoms with van der Waals surface area (Å²) in [6.45, 7) is 1.35. The summed E-state index contributed by atoms with van der Waals surface area (Å²) in [6.07, 6.45) is 1.10. The quantitative estimate of drug-likeness (QED) is 0.446. The topological polar surface area (TPSA) is 147 Å². The molecule has 0 bridgehead atoms. The fourth-order valence-corrected chi connectivity index (χ4v) is 6.84. The van der Waals surface area contributed by atoms with Crippen molar-refractivity contribution in [2.75, 3.05) is 39.0 Å². The molecule has 5 rings (SSSR count). The monoisotopic (exact) mass is 581 g/mol. The Balaban J connectivity index is 1.33. The molecule has 3 aliphatic rings. The standard InChI is InChI=1S/C28H35N7O5S/c1-33(2)41(38,39)22-10-8-20(9-11-22)31-25-24-23(12-17-30-26(24)36)35(32-25)28(13-16-29)14-18-34(19-15-28)27(37)40-21-6-4-3-5-7-21/h3-11,23-25,31-32H,12-15,17-19H2,1-2H3,(H,30,36). The second-order valence-electron chi connectivity index (χ2n) is 10.8. The Morgan fingerprint density at radius 3 is 2.46 bits per heavy atom. The van der Waals surface area contributed by atoms with Gasteiger partial charge in [-0.05, 0) is 55.7 Å². The zero-order chi connectivity index (χ0) is 29.2. The van der Waals surface area contributed by atoms with Crippen molar-refractivity contribution in [2.24, 2.45) is 5.92 Å². The highest BCUT2D eigenvalue weighted by Gasteiger charge is 2.55. The Hall–Kier alpha value is -3.70. The number of carbonyl (C=O) groups excluding carboxylic acids is 2. The third-order valence-electron chi connectivity index (χ3n) is 8.20. The number of carbonyl (C=O) groups is 2. The van der Waals surface area contributed by atoms with Crippen LogP contribution in [0.25, 0.3) is 0 Å². The van der Waals surface area contributed by atoms with E-state index in [4.69, 9.17) is 4.74 Å². The van der Waals surface area contributed by atoms with Crippen molar-refractivity contribution in [1.29, 1.82) is 5.26 Å². The first-order chi connectivity index (χ1) is 19.6. The predicted molar refractivity (Wildman–Crippen MR) is 151 cm³/mol. The highest BCUT2D eigenvalue weighted by molar-refractivity contribution is 7.89. The first-order valence-corrected chi connectivity index (χ1v) is 15.1. The number of para-hydroxylation sites is 1. The van der Waals surface area contributed by atoms with Gasteiger partial charge in [0.25, 0.3) is 0 Å². The van der Waals surface area contributed by atoms with Gasteiger partial charge in [0.2, 0.25) is 15.9 Å². The average Bonchev–Trinajstić information content (AvgIpc) is 3.34. The van der Waals surface area contributed by atoms with Crippen LogP contribution in [-0.4, -0.2) is 86.1 Å². The minimum absolute atomic E-state index is 0.0865. The molecule has 3 atom stereocenters. The summed E-state index contributed by atoms with van der Waals surface area (Å²) in [5.74, 6) is -0.0491. The van der Waals surface area contributed by atoms with Crippen LogP contribution < -0.4 is 20.8 Å². The smallest absolute Gasteiger partial charge is 0.410 e. The lowest BCUT2D eigenvalue weighted by atomic mass is 9.81. The van der Waals surface area contributed by atoms with E-state index < -0.39 is 33.7 Å². The van der Waals surface area contributed by atoms with E-state index in [1.807, 2.05) is 6.07 Å². The number of nitriles is 1. The number of nitrogens with zero attached hydrogens (tertiary/aromatic N) is 4. The van der Waals surface area contributed by atoms with Gasteiger partial charge in [-0.2, -0.15) is 5.26 Å². The summed E-state index contributed by atoms with van der Waals surface area (Å²) in [7, 11) is -0.604. The summed E-state index contributed by atoms with van der Waals surface area (Å²) < 4.78 is 31.6. The molecule has 0 spiro atoms. The summed E-state index contributed by atoms with van der Waals surface area (Å²) in [5, 5.41) is 18.3. The van der Waals surface area contributed by atoms with Crippen molar-refractivity contribution in [3.05, 3.63) is 54.6 Å². The van der Waals surface area contributed by atoms with Gasteiger partial charge >= 0.3 is 6.09 Å². The molecule has 3 heterocycles. The lowest BCUT2D eigenvalue weighted by Crippen LogP contribution is -2.62. The van der Waals surface area contributed by atoms with Crippen LogP contribution in [0.15, 0.2) is 59.5 Å². The summed E-state index contributed by atoms with van der Waals surface area (Å²) in [4.78, 5) is 27.7. The first kappa shape index (κ1) is 28.8. The normalized spacial score (nSPS) is 24.3. The molecule has 12 nitrogen and oxygen atoms in total. The maximum Gasteiger partial charge on any atom is 0.415 e. The summed E-state index contributed by atoms with van der Waals surface area (Å²) >= 11 is 0. The second-order valence-corrected chi connectivity index (χ2v) is 13.0. The maximum absolute atomic E-state index is 13.1. The van der Waals surface area contributed by atoms with Gasteiger partial charge in [-0.15, -0.1) is 0 Å². The zero-order valence-electron chi connectivity index (χ0n) is 23.1. The van der Waals surface area contributed by atoms with Crippen molar-refractivity contribution < 1.29 is 22.7 Å². The number of amides is 2.